The highest BCUT2D eigenvalue weighted by Gasteiger charge is 2.45. The smallest absolute Gasteiger partial charge is 0.186 e. The summed E-state index contributed by atoms with van der Waals surface area (Å²) < 4.78 is 14.8. The first-order valence-corrected chi connectivity index (χ1v) is 3.92. The number of aliphatic hydroxyl groups excluding tert-OH is 1. The zero-order valence-corrected chi connectivity index (χ0v) is 7.54. The largest absolute Gasteiger partial charge is 0.388 e. The van der Waals surface area contributed by atoms with E-state index in [0.717, 1.165) is 0 Å². The molecule has 1 rings (SSSR count). The van der Waals surface area contributed by atoms with Gasteiger partial charge in [0.05, 0.1) is 6.61 Å². The highest BCUT2D eigenvalue weighted by atomic mass is 16.7. The maximum Gasteiger partial charge on any atom is 0.186 e. The molecule has 1 saturated heterocycles. The van der Waals surface area contributed by atoms with E-state index in [1.165, 1.54) is 14.2 Å². The van der Waals surface area contributed by atoms with E-state index in [9.17, 15) is 10.0 Å². The van der Waals surface area contributed by atoms with Crippen LogP contribution in [0.4, 0.5) is 0 Å². The Balaban J connectivity index is 2.59. The molecule has 0 bridgehead atoms. The van der Waals surface area contributed by atoms with Gasteiger partial charge in [-0.2, -0.15) is 4.91 Å². The quantitative estimate of drug-likeness (QED) is 0.606. The highest BCUT2D eigenvalue weighted by molar-refractivity contribution is 4.91. The van der Waals surface area contributed by atoms with Gasteiger partial charge >= 0.3 is 0 Å². The molecular formula is C7H13NO5. The Morgan fingerprint density at radius 2 is 2.23 bits per heavy atom. The van der Waals surface area contributed by atoms with Gasteiger partial charge < -0.3 is 19.3 Å². The molecule has 6 heteroatoms. The van der Waals surface area contributed by atoms with Crippen molar-refractivity contribution < 1.29 is 19.3 Å². The van der Waals surface area contributed by atoms with Crippen LogP contribution in [0.5, 0.6) is 0 Å². The fourth-order valence-electron chi connectivity index (χ4n) is 1.32. The fraction of sp³-hybridized carbons (Fsp3) is 1.00. The Kier molecular flexibility index (Phi) is 3.73. The lowest BCUT2D eigenvalue weighted by Gasteiger charge is -2.11. The average Bonchev–Trinajstić information content (AvgIpc) is 2.44. The van der Waals surface area contributed by atoms with Crippen LogP contribution in [-0.2, 0) is 14.2 Å². The van der Waals surface area contributed by atoms with Gasteiger partial charge in [-0.05, 0) is 0 Å². The van der Waals surface area contributed by atoms with Gasteiger partial charge in [0.1, 0.15) is 12.2 Å². The molecule has 4 unspecified atom stereocenters. The van der Waals surface area contributed by atoms with Crippen molar-refractivity contribution in [1.82, 2.24) is 0 Å². The van der Waals surface area contributed by atoms with Crippen molar-refractivity contribution in [2.45, 2.75) is 24.5 Å². The SMILES string of the molecule is COCC1OC(OC)C(N=O)C1O. The summed E-state index contributed by atoms with van der Waals surface area (Å²) in [5, 5.41) is 12.3. The number of methoxy groups -OCH3 is 2. The lowest BCUT2D eigenvalue weighted by Crippen LogP contribution is -2.33. The maximum atomic E-state index is 10.3. The van der Waals surface area contributed by atoms with E-state index in [4.69, 9.17) is 14.2 Å². The Hall–Kier alpha value is -0.560. The van der Waals surface area contributed by atoms with Gasteiger partial charge in [0.25, 0.3) is 0 Å². The summed E-state index contributed by atoms with van der Waals surface area (Å²) in [6.07, 6.45) is -2.27. The molecule has 0 spiro atoms. The first kappa shape index (κ1) is 10.5. The van der Waals surface area contributed by atoms with Gasteiger partial charge in [0.2, 0.25) is 0 Å². The lowest BCUT2D eigenvalue weighted by molar-refractivity contribution is -0.133. The van der Waals surface area contributed by atoms with E-state index >= 15 is 0 Å². The van der Waals surface area contributed by atoms with Crippen molar-refractivity contribution in [3.05, 3.63) is 4.91 Å². The van der Waals surface area contributed by atoms with Crippen molar-refractivity contribution in [3.8, 4) is 0 Å². The summed E-state index contributed by atoms with van der Waals surface area (Å²) in [6.45, 7) is 0.215. The molecule has 0 aliphatic carbocycles. The summed E-state index contributed by atoms with van der Waals surface area (Å²) in [5.74, 6) is 0. The number of aliphatic hydroxyl groups is 1. The van der Waals surface area contributed by atoms with Gasteiger partial charge in [-0.15, -0.1) is 0 Å². The van der Waals surface area contributed by atoms with Gasteiger partial charge in [-0.1, -0.05) is 5.18 Å². The third-order valence-electron chi connectivity index (χ3n) is 2.00. The molecule has 1 N–H and O–H groups in total. The third kappa shape index (κ3) is 2.02. The topological polar surface area (TPSA) is 77.3 Å². The lowest BCUT2D eigenvalue weighted by atomic mass is 10.1. The van der Waals surface area contributed by atoms with Crippen LogP contribution in [0.15, 0.2) is 5.18 Å². The van der Waals surface area contributed by atoms with Crippen LogP contribution in [0.25, 0.3) is 0 Å². The number of nitroso groups, excluding NO2 is 1. The van der Waals surface area contributed by atoms with Crippen molar-refractivity contribution in [3.63, 3.8) is 0 Å². The molecule has 6 nitrogen and oxygen atoms in total. The molecule has 0 amide bonds. The van der Waals surface area contributed by atoms with E-state index in [-0.39, 0.29) is 6.61 Å². The van der Waals surface area contributed by atoms with Crippen LogP contribution in [0.2, 0.25) is 0 Å². The minimum atomic E-state index is -0.956. The Labute approximate surface area is 75.8 Å². The molecule has 0 aromatic carbocycles. The first-order chi connectivity index (χ1) is 6.24. The molecule has 13 heavy (non-hydrogen) atoms. The fourth-order valence-corrected chi connectivity index (χ4v) is 1.32. The molecule has 0 aromatic heterocycles. The van der Waals surface area contributed by atoms with E-state index in [1.807, 2.05) is 0 Å². The summed E-state index contributed by atoms with van der Waals surface area (Å²) >= 11 is 0. The minimum Gasteiger partial charge on any atom is -0.388 e. The predicted molar refractivity (Wildman–Crippen MR) is 43.1 cm³/mol. The van der Waals surface area contributed by atoms with Gasteiger partial charge in [-0.25, -0.2) is 0 Å². The normalized spacial score (nSPS) is 39.3. The molecule has 1 heterocycles. The first-order valence-electron chi connectivity index (χ1n) is 3.92. The molecule has 0 radical (unpaired) electrons. The van der Waals surface area contributed by atoms with Crippen LogP contribution >= 0.6 is 0 Å². The standard InChI is InChI=1S/C7H13NO5/c1-11-3-4-6(9)5(8-10)7(12-2)13-4/h4-7,9H,3H2,1-2H3. The van der Waals surface area contributed by atoms with Crippen LogP contribution in [0.3, 0.4) is 0 Å². The van der Waals surface area contributed by atoms with Crippen molar-refractivity contribution in [2.24, 2.45) is 5.18 Å². The third-order valence-corrected chi connectivity index (χ3v) is 2.00. The van der Waals surface area contributed by atoms with Crippen LogP contribution < -0.4 is 0 Å². The summed E-state index contributed by atoms with van der Waals surface area (Å²) in [5.41, 5.74) is 0. The summed E-state index contributed by atoms with van der Waals surface area (Å²) in [6, 6.07) is -0.870. The molecule has 1 aliphatic rings. The average molecular weight is 191 g/mol. The second kappa shape index (κ2) is 4.61. The number of hydrogen-bond acceptors (Lipinski definition) is 6. The van der Waals surface area contributed by atoms with E-state index < -0.39 is 24.5 Å². The zero-order chi connectivity index (χ0) is 9.84. The van der Waals surface area contributed by atoms with Gasteiger partial charge in [-0.3, -0.25) is 0 Å². The molecule has 0 saturated carbocycles. The molecule has 1 aliphatic heterocycles. The monoisotopic (exact) mass is 191 g/mol. The zero-order valence-electron chi connectivity index (χ0n) is 7.54. The van der Waals surface area contributed by atoms with Gasteiger partial charge in [0, 0.05) is 14.2 Å². The Morgan fingerprint density at radius 1 is 1.54 bits per heavy atom. The second-order valence-electron chi connectivity index (χ2n) is 2.82. The molecule has 76 valence electrons. The number of nitrogens with zero attached hydrogens (tertiary/aromatic N) is 1. The summed E-state index contributed by atoms with van der Waals surface area (Å²) in [4.78, 5) is 10.3. The summed E-state index contributed by atoms with van der Waals surface area (Å²) in [7, 11) is 2.88. The van der Waals surface area contributed by atoms with Crippen molar-refractivity contribution in [2.75, 3.05) is 20.8 Å². The van der Waals surface area contributed by atoms with Crippen LogP contribution in [0.1, 0.15) is 0 Å². The highest BCUT2D eigenvalue weighted by Crippen LogP contribution is 2.24. The number of hydrogen-bond donors (Lipinski definition) is 1. The Morgan fingerprint density at radius 3 is 2.62 bits per heavy atom. The van der Waals surface area contributed by atoms with Gasteiger partial charge in [0.15, 0.2) is 12.3 Å². The van der Waals surface area contributed by atoms with E-state index in [2.05, 4.69) is 5.18 Å². The number of rotatable bonds is 4. The molecule has 4 atom stereocenters. The minimum absolute atomic E-state index is 0.215. The van der Waals surface area contributed by atoms with Crippen molar-refractivity contribution in [1.29, 1.82) is 0 Å². The number of ether oxygens (including phenoxy) is 3. The molecular weight excluding hydrogens is 178 g/mol. The van der Waals surface area contributed by atoms with E-state index in [1.54, 1.807) is 0 Å². The predicted octanol–water partition coefficient (Wildman–Crippen LogP) is -0.500. The Bertz CT molecular complexity index is 176. The second-order valence-corrected chi connectivity index (χ2v) is 2.82. The van der Waals surface area contributed by atoms with Crippen LogP contribution in [0, 0.1) is 4.91 Å². The molecule has 1 fully saturated rings. The van der Waals surface area contributed by atoms with E-state index in [0.29, 0.717) is 0 Å². The maximum absolute atomic E-state index is 10.3. The molecule has 0 aromatic rings. The van der Waals surface area contributed by atoms with Crippen LogP contribution in [-0.4, -0.2) is 50.5 Å². The van der Waals surface area contributed by atoms with Crippen molar-refractivity contribution >= 4 is 0 Å².